The van der Waals surface area contributed by atoms with Gasteiger partial charge in [-0.25, -0.2) is 9.59 Å². The second-order valence-corrected chi connectivity index (χ2v) is 8.28. The van der Waals surface area contributed by atoms with Crippen molar-refractivity contribution in [2.75, 3.05) is 23.3 Å². The van der Waals surface area contributed by atoms with E-state index < -0.39 is 23.1 Å². The number of hydrogen-bond acceptors (Lipinski definition) is 6. The summed E-state index contributed by atoms with van der Waals surface area (Å²) in [5, 5.41) is 3.11. The van der Waals surface area contributed by atoms with Crippen LogP contribution in [0, 0.1) is 0 Å². The monoisotopic (exact) mass is 440 g/mol. The molecule has 1 aliphatic heterocycles. The number of aromatic nitrogens is 2. The van der Waals surface area contributed by atoms with Crippen LogP contribution in [0.1, 0.15) is 51.7 Å². The molecule has 0 spiro atoms. The Morgan fingerprint density at radius 1 is 1.09 bits per heavy atom. The number of carbonyl (C=O) groups is 1. The number of nitrogens with zero attached hydrogens (tertiary/aromatic N) is 3. The fourth-order valence-corrected chi connectivity index (χ4v) is 4.24. The zero-order valence-corrected chi connectivity index (χ0v) is 19.9. The highest BCUT2D eigenvalue weighted by Gasteiger charge is 2.37. The Morgan fingerprint density at radius 3 is 2.22 bits per heavy atom. The van der Waals surface area contributed by atoms with Gasteiger partial charge in [-0.2, -0.15) is 0 Å². The van der Waals surface area contributed by atoms with Gasteiger partial charge in [0.25, 0.3) is 5.56 Å². The summed E-state index contributed by atoms with van der Waals surface area (Å²) in [6.45, 7) is 11.3. The van der Waals surface area contributed by atoms with Crippen LogP contribution in [0.4, 0.5) is 11.5 Å². The Morgan fingerprint density at radius 2 is 1.69 bits per heavy atom. The first kappa shape index (κ1) is 23.4. The van der Waals surface area contributed by atoms with Gasteiger partial charge in [0.05, 0.1) is 23.2 Å². The molecule has 1 unspecified atom stereocenters. The summed E-state index contributed by atoms with van der Waals surface area (Å²) >= 11 is 0. The molecule has 1 aromatic carbocycles. The lowest BCUT2D eigenvalue weighted by molar-refractivity contribution is -0.143. The number of allylic oxidation sites excluding steroid dienone is 1. The van der Waals surface area contributed by atoms with Crippen molar-refractivity contribution >= 4 is 17.5 Å². The predicted molar refractivity (Wildman–Crippen MR) is 126 cm³/mol. The van der Waals surface area contributed by atoms with Gasteiger partial charge in [-0.1, -0.05) is 12.1 Å². The van der Waals surface area contributed by atoms with E-state index in [0.29, 0.717) is 22.7 Å². The first-order chi connectivity index (χ1) is 15.1. The Bertz CT molecular complexity index is 1170. The predicted octanol–water partition coefficient (Wildman–Crippen LogP) is 2.71. The molecule has 1 aromatic heterocycles. The standard InChI is InChI=1S/C24H32N4O4/c1-8-28(9-2)17-12-10-16(11-13-17)19-18(23(30)32-14(3)4)15(5)25-21-20(19)22(29)27(7)24(31)26(21)6/h10-14,19,25H,8-9H2,1-7H3. The van der Waals surface area contributed by atoms with Crippen LogP contribution >= 0.6 is 0 Å². The number of fused-ring (bicyclic) bond motifs is 1. The number of anilines is 2. The number of esters is 1. The molecule has 32 heavy (non-hydrogen) atoms. The topological polar surface area (TPSA) is 85.6 Å². The second-order valence-electron chi connectivity index (χ2n) is 8.28. The quantitative estimate of drug-likeness (QED) is 0.696. The SMILES string of the molecule is CCN(CC)c1ccc(C2C(C(=O)OC(C)C)=C(C)Nc3c2c(=O)n(C)c(=O)n3C)cc1. The Balaban J connectivity index is 2.27. The molecule has 172 valence electrons. The highest BCUT2D eigenvalue weighted by Crippen LogP contribution is 2.40. The van der Waals surface area contributed by atoms with Crippen LogP contribution in [0.2, 0.25) is 0 Å². The highest BCUT2D eigenvalue weighted by molar-refractivity contribution is 5.94. The fourth-order valence-electron chi connectivity index (χ4n) is 4.24. The zero-order valence-electron chi connectivity index (χ0n) is 19.9. The van der Waals surface area contributed by atoms with Crippen molar-refractivity contribution in [1.29, 1.82) is 0 Å². The van der Waals surface area contributed by atoms with Gasteiger partial charge >= 0.3 is 11.7 Å². The minimum absolute atomic E-state index is 0.308. The first-order valence-corrected chi connectivity index (χ1v) is 11.0. The molecule has 0 saturated heterocycles. The maximum absolute atomic E-state index is 13.3. The molecule has 0 radical (unpaired) electrons. The van der Waals surface area contributed by atoms with E-state index in [2.05, 4.69) is 24.1 Å². The minimum Gasteiger partial charge on any atom is -0.460 e. The van der Waals surface area contributed by atoms with Crippen LogP contribution in [-0.2, 0) is 23.6 Å². The molecule has 0 aliphatic carbocycles. The summed E-state index contributed by atoms with van der Waals surface area (Å²) in [4.78, 5) is 41.1. The van der Waals surface area contributed by atoms with Crippen LogP contribution in [0.3, 0.4) is 0 Å². The third kappa shape index (κ3) is 3.97. The Hall–Kier alpha value is -3.29. The van der Waals surface area contributed by atoms with Crippen LogP contribution in [0.5, 0.6) is 0 Å². The Labute approximate surface area is 188 Å². The molecule has 3 rings (SSSR count). The van der Waals surface area contributed by atoms with Crippen LogP contribution in [-0.4, -0.2) is 34.3 Å². The summed E-state index contributed by atoms with van der Waals surface area (Å²) in [6, 6.07) is 7.87. The molecule has 0 saturated carbocycles. The molecule has 1 aliphatic rings. The smallest absolute Gasteiger partial charge is 0.337 e. The normalized spacial score (nSPS) is 15.4. The third-order valence-corrected chi connectivity index (χ3v) is 5.90. The average molecular weight is 441 g/mol. The van der Waals surface area contributed by atoms with Gasteiger partial charge in [0, 0.05) is 38.6 Å². The summed E-state index contributed by atoms with van der Waals surface area (Å²) in [7, 11) is 3.06. The van der Waals surface area contributed by atoms with Gasteiger partial charge in [0.15, 0.2) is 0 Å². The number of hydrogen-bond donors (Lipinski definition) is 1. The summed E-state index contributed by atoms with van der Waals surface area (Å²) in [5.41, 5.74) is 2.27. The number of carbonyl (C=O) groups excluding carboxylic acids is 1. The maximum Gasteiger partial charge on any atom is 0.337 e. The molecule has 8 heteroatoms. The molecular weight excluding hydrogens is 408 g/mol. The van der Waals surface area contributed by atoms with Crippen molar-refractivity contribution in [2.45, 2.75) is 46.6 Å². The molecule has 0 fully saturated rings. The molecule has 0 amide bonds. The van der Waals surface area contributed by atoms with Crippen molar-refractivity contribution in [3.8, 4) is 0 Å². The number of rotatable bonds is 6. The molecule has 0 bridgehead atoms. The molecule has 1 N–H and O–H groups in total. The van der Waals surface area contributed by atoms with E-state index >= 15 is 0 Å². The van der Waals surface area contributed by atoms with E-state index in [-0.39, 0.29) is 6.10 Å². The van der Waals surface area contributed by atoms with Gasteiger partial charge in [0.2, 0.25) is 0 Å². The van der Waals surface area contributed by atoms with E-state index in [9.17, 15) is 14.4 Å². The number of benzene rings is 1. The third-order valence-electron chi connectivity index (χ3n) is 5.90. The van der Waals surface area contributed by atoms with Gasteiger partial charge < -0.3 is 15.0 Å². The van der Waals surface area contributed by atoms with Crippen molar-refractivity contribution in [1.82, 2.24) is 9.13 Å². The fraction of sp³-hybridized carbons (Fsp3) is 0.458. The number of nitrogens with one attached hydrogen (secondary N) is 1. The lowest BCUT2D eigenvalue weighted by Crippen LogP contribution is -2.43. The van der Waals surface area contributed by atoms with Crippen LogP contribution < -0.4 is 21.5 Å². The highest BCUT2D eigenvalue weighted by atomic mass is 16.5. The molecule has 2 heterocycles. The van der Waals surface area contributed by atoms with Crippen LogP contribution in [0.15, 0.2) is 45.1 Å². The lowest BCUT2D eigenvalue weighted by Gasteiger charge is -2.31. The van der Waals surface area contributed by atoms with Crippen molar-refractivity contribution < 1.29 is 9.53 Å². The van der Waals surface area contributed by atoms with E-state index in [1.165, 1.54) is 11.6 Å². The first-order valence-electron chi connectivity index (χ1n) is 11.0. The van der Waals surface area contributed by atoms with Crippen LogP contribution in [0.25, 0.3) is 0 Å². The summed E-state index contributed by atoms with van der Waals surface area (Å²) in [5.74, 6) is -0.743. The van der Waals surface area contributed by atoms with Gasteiger partial charge in [-0.15, -0.1) is 0 Å². The van der Waals surface area contributed by atoms with Gasteiger partial charge in [0.1, 0.15) is 5.82 Å². The average Bonchev–Trinajstić information content (AvgIpc) is 2.76. The van der Waals surface area contributed by atoms with Crippen molar-refractivity contribution in [3.05, 3.63) is 67.5 Å². The largest absolute Gasteiger partial charge is 0.460 e. The van der Waals surface area contributed by atoms with Crippen molar-refractivity contribution in [2.24, 2.45) is 14.1 Å². The van der Waals surface area contributed by atoms with E-state index in [0.717, 1.165) is 28.9 Å². The Kier molecular flexibility index (Phi) is 6.62. The number of ether oxygens (including phenoxy) is 1. The second kappa shape index (κ2) is 9.06. The van der Waals surface area contributed by atoms with Crippen molar-refractivity contribution in [3.63, 3.8) is 0 Å². The zero-order chi connectivity index (χ0) is 23.7. The minimum atomic E-state index is -0.659. The summed E-state index contributed by atoms with van der Waals surface area (Å²) in [6.07, 6.45) is -0.308. The summed E-state index contributed by atoms with van der Waals surface area (Å²) < 4.78 is 8.00. The molecule has 2 aromatic rings. The molecule has 1 atom stereocenters. The van der Waals surface area contributed by atoms with E-state index in [1.807, 2.05) is 24.3 Å². The molecular formula is C24H32N4O4. The van der Waals surface area contributed by atoms with Gasteiger partial charge in [-0.05, 0) is 52.3 Å². The van der Waals surface area contributed by atoms with Gasteiger partial charge in [-0.3, -0.25) is 13.9 Å². The molecule has 8 nitrogen and oxygen atoms in total. The maximum atomic E-state index is 13.3. The van der Waals surface area contributed by atoms with E-state index in [4.69, 9.17) is 4.74 Å². The lowest BCUT2D eigenvalue weighted by atomic mass is 9.82. The van der Waals surface area contributed by atoms with E-state index in [1.54, 1.807) is 27.8 Å².